The van der Waals surface area contributed by atoms with Crippen molar-refractivity contribution in [3.63, 3.8) is 0 Å². The van der Waals surface area contributed by atoms with Crippen molar-refractivity contribution in [1.82, 2.24) is 0 Å². The first-order valence-corrected chi connectivity index (χ1v) is 10.4. The van der Waals surface area contributed by atoms with Gasteiger partial charge in [-0.15, -0.1) is 0 Å². The second-order valence-electron chi connectivity index (χ2n) is 7.00. The molecule has 0 saturated heterocycles. The fraction of sp³-hybridized carbons (Fsp3) is 0.400. The maximum absolute atomic E-state index is 6.06. The van der Waals surface area contributed by atoms with E-state index in [1.54, 1.807) is 6.21 Å². The number of nitrogens with zero attached hydrogens (tertiary/aromatic N) is 1. The third-order valence-corrected chi connectivity index (χ3v) is 4.55. The Morgan fingerprint density at radius 2 is 1.57 bits per heavy atom. The first-order valence-electron chi connectivity index (χ1n) is 10.4. The fourth-order valence-electron chi connectivity index (χ4n) is 3.06. The zero-order valence-electron chi connectivity index (χ0n) is 18.5. The molecule has 0 aromatic heterocycles. The predicted molar refractivity (Wildman–Crippen MR) is 122 cm³/mol. The molecule has 5 heteroatoms. The van der Waals surface area contributed by atoms with Crippen molar-refractivity contribution in [3.05, 3.63) is 65.2 Å². The van der Waals surface area contributed by atoms with E-state index < -0.39 is 0 Å². The first kappa shape index (κ1) is 23.3. The molecule has 0 atom stereocenters. The zero-order chi connectivity index (χ0) is 21.6. The SMILES string of the molecule is C/C=C/COc1cc(C)c(OCCCCc2ccc(OC/C=N/OC)cc2)c(C)c1. The lowest BCUT2D eigenvalue weighted by Gasteiger charge is -2.14. The summed E-state index contributed by atoms with van der Waals surface area (Å²) in [5.41, 5.74) is 3.51. The molecule has 0 aliphatic carbocycles. The van der Waals surface area contributed by atoms with Crippen molar-refractivity contribution in [2.45, 2.75) is 40.0 Å². The highest BCUT2D eigenvalue weighted by Crippen LogP contribution is 2.28. The number of hydrogen-bond donors (Lipinski definition) is 0. The van der Waals surface area contributed by atoms with E-state index in [9.17, 15) is 0 Å². The van der Waals surface area contributed by atoms with Crippen molar-refractivity contribution in [2.75, 3.05) is 26.9 Å². The second kappa shape index (κ2) is 13.3. The summed E-state index contributed by atoms with van der Waals surface area (Å²) in [6.45, 7) is 7.81. The Morgan fingerprint density at radius 1 is 0.867 bits per heavy atom. The fourth-order valence-corrected chi connectivity index (χ4v) is 3.06. The Labute approximate surface area is 180 Å². The molecular weight excluding hydrogens is 378 g/mol. The summed E-state index contributed by atoms with van der Waals surface area (Å²) in [5.74, 6) is 2.68. The lowest BCUT2D eigenvalue weighted by molar-refractivity contribution is 0.212. The maximum atomic E-state index is 6.06. The smallest absolute Gasteiger partial charge is 0.127 e. The van der Waals surface area contributed by atoms with Gasteiger partial charge in [0.1, 0.15) is 37.6 Å². The number of unbranched alkanes of at least 4 members (excludes halogenated alkanes) is 1. The minimum Gasteiger partial charge on any atom is -0.493 e. The van der Waals surface area contributed by atoms with Crippen LogP contribution in [0.15, 0.2) is 53.7 Å². The molecule has 0 radical (unpaired) electrons. The lowest BCUT2D eigenvalue weighted by atomic mass is 10.1. The molecule has 2 aromatic rings. The first-order chi connectivity index (χ1) is 14.6. The summed E-state index contributed by atoms with van der Waals surface area (Å²) in [4.78, 5) is 4.60. The van der Waals surface area contributed by atoms with Gasteiger partial charge in [0.15, 0.2) is 0 Å². The normalized spacial score (nSPS) is 11.2. The second-order valence-corrected chi connectivity index (χ2v) is 7.00. The number of rotatable bonds is 13. The van der Waals surface area contributed by atoms with E-state index in [2.05, 4.69) is 36.0 Å². The number of benzene rings is 2. The predicted octanol–water partition coefficient (Wildman–Crippen LogP) is 5.67. The van der Waals surface area contributed by atoms with Crippen molar-refractivity contribution in [2.24, 2.45) is 5.16 Å². The van der Waals surface area contributed by atoms with Crippen LogP contribution in [-0.2, 0) is 11.3 Å². The van der Waals surface area contributed by atoms with Gasteiger partial charge in [-0.1, -0.05) is 29.4 Å². The minimum absolute atomic E-state index is 0.395. The zero-order valence-corrected chi connectivity index (χ0v) is 18.5. The summed E-state index contributed by atoms with van der Waals surface area (Å²) in [7, 11) is 1.51. The summed E-state index contributed by atoms with van der Waals surface area (Å²) in [6, 6.07) is 12.3. The molecule has 0 bridgehead atoms. The Hall–Kier alpha value is -2.95. The number of allylic oxidation sites excluding steroid dienone is 1. The molecule has 0 aliphatic heterocycles. The van der Waals surface area contributed by atoms with Gasteiger partial charge in [0.05, 0.1) is 12.8 Å². The van der Waals surface area contributed by atoms with E-state index >= 15 is 0 Å². The van der Waals surface area contributed by atoms with Crippen LogP contribution in [0, 0.1) is 13.8 Å². The highest BCUT2D eigenvalue weighted by atomic mass is 16.6. The van der Waals surface area contributed by atoms with Crippen molar-refractivity contribution >= 4 is 6.21 Å². The Balaban J connectivity index is 1.71. The van der Waals surface area contributed by atoms with Gasteiger partial charge in [-0.25, -0.2) is 0 Å². The van der Waals surface area contributed by atoms with Gasteiger partial charge in [-0.05, 0) is 81.0 Å². The number of oxime groups is 1. The molecule has 0 saturated carbocycles. The molecule has 0 unspecified atom stereocenters. The Bertz CT molecular complexity index is 789. The van der Waals surface area contributed by atoms with Gasteiger partial charge in [-0.3, -0.25) is 0 Å². The molecule has 0 heterocycles. The molecule has 0 aliphatic rings. The Morgan fingerprint density at radius 3 is 2.23 bits per heavy atom. The van der Waals surface area contributed by atoms with Crippen LogP contribution in [-0.4, -0.2) is 33.1 Å². The van der Waals surface area contributed by atoms with Gasteiger partial charge in [0, 0.05) is 0 Å². The molecule has 2 aromatic carbocycles. The van der Waals surface area contributed by atoms with Crippen LogP contribution in [0.1, 0.15) is 36.5 Å². The van der Waals surface area contributed by atoms with Crippen LogP contribution < -0.4 is 14.2 Å². The average molecular weight is 412 g/mol. The van der Waals surface area contributed by atoms with E-state index in [0.29, 0.717) is 19.8 Å². The van der Waals surface area contributed by atoms with E-state index in [1.807, 2.05) is 43.3 Å². The topological polar surface area (TPSA) is 49.3 Å². The molecule has 0 spiro atoms. The van der Waals surface area contributed by atoms with Gasteiger partial charge in [0.25, 0.3) is 0 Å². The molecular formula is C25H33NO4. The van der Waals surface area contributed by atoms with Crippen LogP contribution in [0.2, 0.25) is 0 Å². The van der Waals surface area contributed by atoms with Crippen molar-refractivity contribution in [3.8, 4) is 17.2 Å². The van der Waals surface area contributed by atoms with Crippen LogP contribution in [0.25, 0.3) is 0 Å². The van der Waals surface area contributed by atoms with E-state index in [4.69, 9.17) is 14.2 Å². The highest BCUT2D eigenvalue weighted by molar-refractivity contribution is 5.58. The van der Waals surface area contributed by atoms with Gasteiger partial charge >= 0.3 is 0 Å². The summed E-state index contributed by atoms with van der Waals surface area (Å²) >= 11 is 0. The monoisotopic (exact) mass is 411 g/mol. The standard InChI is InChI=1S/C25H33NO4/c1-5-6-15-28-24-18-20(2)25(21(3)19-24)30-16-8-7-9-22-10-12-23(13-11-22)29-17-14-26-27-4/h5-6,10-14,18-19H,7-9,15-17H2,1-4H3/b6-5+,26-14+. The molecule has 2 rings (SSSR count). The van der Waals surface area contributed by atoms with Gasteiger partial charge in [-0.2, -0.15) is 0 Å². The van der Waals surface area contributed by atoms with Crippen molar-refractivity contribution in [1.29, 1.82) is 0 Å². The van der Waals surface area contributed by atoms with Gasteiger partial charge in [0.2, 0.25) is 0 Å². The van der Waals surface area contributed by atoms with Crippen molar-refractivity contribution < 1.29 is 19.0 Å². The molecule has 0 N–H and O–H groups in total. The quantitative estimate of drug-likeness (QED) is 0.184. The van der Waals surface area contributed by atoms with E-state index in [1.165, 1.54) is 12.7 Å². The highest BCUT2D eigenvalue weighted by Gasteiger charge is 2.07. The maximum Gasteiger partial charge on any atom is 0.127 e. The lowest BCUT2D eigenvalue weighted by Crippen LogP contribution is -2.03. The molecule has 30 heavy (non-hydrogen) atoms. The number of aryl methyl sites for hydroxylation is 3. The minimum atomic E-state index is 0.395. The van der Waals surface area contributed by atoms with Crippen LogP contribution in [0.3, 0.4) is 0 Å². The number of hydrogen-bond acceptors (Lipinski definition) is 5. The third kappa shape index (κ3) is 8.19. The molecule has 0 amide bonds. The third-order valence-electron chi connectivity index (χ3n) is 4.55. The van der Waals surface area contributed by atoms with E-state index in [0.717, 1.165) is 47.6 Å². The number of ether oxygens (including phenoxy) is 3. The largest absolute Gasteiger partial charge is 0.493 e. The molecule has 162 valence electrons. The van der Waals surface area contributed by atoms with Gasteiger partial charge < -0.3 is 19.0 Å². The molecule has 5 nitrogen and oxygen atoms in total. The summed E-state index contributed by atoms with van der Waals surface area (Å²) < 4.78 is 17.3. The van der Waals surface area contributed by atoms with Crippen LogP contribution >= 0.6 is 0 Å². The molecule has 0 fully saturated rings. The summed E-state index contributed by atoms with van der Waals surface area (Å²) in [5, 5.41) is 3.64. The Kier molecular flexibility index (Phi) is 10.3. The van der Waals surface area contributed by atoms with Crippen LogP contribution in [0.5, 0.6) is 17.2 Å². The van der Waals surface area contributed by atoms with Crippen LogP contribution in [0.4, 0.5) is 0 Å². The van der Waals surface area contributed by atoms with E-state index in [-0.39, 0.29) is 0 Å². The summed E-state index contributed by atoms with van der Waals surface area (Å²) in [6.07, 6.45) is 8.66. The average Bonchev–Trinajstić information content (AvgIpc) is 2.74.